The first kappa shape index (κ1) is 25.1. The van der Waals surface area contributed by atoms with Crippen LogP contribution in [0.3, 0.4) is 0 Å². The van der Waals surface area contributed by atoms with Gasteiger partial charge in [-0.3, -0.25) is 13.8 Å². The number of hydrogen-bond donors (Lipinski definition) is 0. The Bertz CT molecular complexity index is 1020. The third-order valence-electron chi connectivity index (χ3n) is 5.59. The molecule has 2 aromatic heterocycles. The summed E-state index contributed by atoms with van der Waals surface area (Å²) in [7, 11) is 0. The van der Waals surface area contributed by atoms with E-state index in [1.54, 1.807) is 12.3 Å². The van der Waals surface area contributed by atoms with E-state index in [0.29, 0.717) is 36.0 Å². The van der Waals surface area contributed by atoms with E-state index in [-0.39, 0.29) is 18.6 Å². The molecule has 0 N–H and O–H groups in total. The number of alkyl halides is 2. The minimum absolute atomic E-state index is 0.0347. The van der Waals surface area contributed by atoms with Crippen molar-refractivity contribution in [3.8, 4) is 0 Å². The largest absolute Gasteiger partial charge is 0.376 e. The van der Waals surface area contributed by atoms with Gasteiger partial charge in [0, 0.05) is 35.2 Å². The fourth-order valence-corrected chi connectivity index (χ4v) is 4.65. The topological polar surface area (TPSA) is 49.2 Å². The second-order valence-electron chi connectivity index (χ2n) is 7.44. The van der Waals surface area contributed by atoms with Gasteiger partial charge in [-0.25, -0.2) is 4.98 Å². The second-order valence-corrected chi connectivity index (χ2v) is 8.45. The van der Waals surface area contributed by atoms with Crippen LogP contribution in [0.4, 0.5) is 8.78 Å². The third kappa shape index (κ3) is 5.35. The zero-order valence-electron chi connectivity index (χ0n) is 18.7. The lowest BCUT2D eigenvalue weighted by Crippen LogP contribution is -2.31. The average Bonchev–Trinajstić information content (AvgIpc) is 3.22. The number of pyridine rings is 1. The van der Waals surface area contributed by atoms with E-state index in [9.17, 15) is 8.78 Å². The number of aromatic nitrogens is 3. The van der Waals surface area contributed by atoms with Crippen LogP contribution in [0.2, 0.25) is 5.02 Å². The van der Waals surface area contributed by atoms with Gasteiger partial charge in [-0.15, -0.1) is 0 Å². The molecule has 0 spiro atoms. The summed E-state index contributed by atoms with van der Waals surface area (Å²) in [6.45, 7) is 3.78. The van der Waals surface area contributed by atoms with Gasteiger partial charge in [0.25, 0.3) is 0 Å². The number of benzene rings is 1. The number of rotatable bonds is 8. The SMILES string of the molecule is CC.CSOCC1CC(n2c(C(CF)CCF)nc3cnc4ccc(Cl)cc4c32)CCO1. The van der Waals surface area contributed by atoms with E-state index in [4.69, 9.17) is 25.5 Å². The van der Waals surface area contributed by atoms with Crippen molar-refractivity contribution >= 4 is 45.6 Å². The highest BCUT2D eigenvalue weighted by Crippen LogP contribution is 2.37. The first-order valence-corrected chi connectivity index (χ1v) is 12.5. The van der Waals surface area contributed by atoms with Crippen molar-refractivity contribution in [1.82, 2.24) is 14.5 Å². The van der Waals surface area contributed by atoms with Crippen LogP contribution in [0, 0.1) is 0 Å². The van der Waals surface area contributed by atoms with E-state index < -0.39 is 19.3 Å². The highest BCUT2D eigenvalue weighted by Gasteiger charge is 2.30. The fraction of sp³-hybridized carbons (Fsp3) is 0.565. The number of fused-ring (bicyclic) bond motifs is 3. The van der Waals surface area contributed by atoms with E-state index in [1.165, 1.54) is 12.0 Å². The van der Waals surface area contributed by atoms with Crippen molar-refractivity contribution in [3.05, 3.63) is 35.2 Å². The molecule has 1 aliphatic heterocycles. The van der Waals surface area contributed by atoms with Crippen LogP contribution in [-0.2, 0) is 8.92 Å². The van der Waals surface area contributed by atoms with Crippen LogP contribution in [0.1, 0.15) is 50.9 Å². The summed E-state index contributed by atoms with van der Waals surface area (Å²) in [6.07, 6.45) is 5.06. The van der Waals surface area contributed by atoms with Crippen LogP contribution in [0.15, 0.2) is 24.4 Å². The minimum atomic E-state index is -0.665. The predicted molar refractivity (Wildman–Crippen MR) is 128 cm³/mol. The lowest BCUT2D eigenvalue weighted by atomic mass is 10.0. The third-order valence-corrected chi connectivity index (χ3v) is 6.20. The molecule has 1 fully saturated rings. The van der Waals surface area contributed by atoms with Gasteiger partial charge in [0.05, 0.1) is 43.3 Å². The summed E-state index contributed by atoms with van der Waals surface area (Å²) in [6, 6.07) is 5.55. The van der Waals surface area contributed by atoms with Crippen molar-refractivity contribution in [2.75, 3.05) is 32.8 Å². The Morgan fingerprint density at radius 1 is 1.31 bits per heavy atom. The van der Waals surface area contributed by atoms with Gasteiger partial charge in [0.15, 0.2) is 0 Å². The van der Waals surface area contributed by atoms with Gasteiger partial charge in [0.1, 0.15) is 11.3 Å². The molecular weight excluding hydrogens is 456 g/mol. The predicted octanol–water partition coefficient (Wildman–Crippen LogP) is 6.69. The molecule has 3 atom stereocenters. The van der Waals surface area contributed by atoms with E-state index in [1.807, 2.05) is 32.2 Å². The molecule has 0 radical (unpaired) electrons. The molecular formula is C23H30ClF2N3O2S. The Morgan fingerprint density at radius 3 is 2.84 bits per heavy atom. The molecule has 1 aromatic carbocycles. The molecule has 32 heavy (non-hydrogen) atoms. The Balaban J connectivity index is 0.00000141. The Morgan fingerprint density at radius 2 is 2.12 bits per heavy atom. The molecule has 1 saturated heterocycles. The van der Waals surface area contributed by atoms with Gasteiger partial charge >= 0.3 is 0 Å². The van der Waals surface area contributed by atoms with Gasteiger partial charge in [-0.1, -0.05) is 25.4 Å². The summed E-state index contributed by atoms with van der Waals surface area (Å²) >= 11 is 7.58. The number of halogens is 3. The first-order valence-electron chi connectivity index (χ1n) is 11.0. The van der Waals surface area contributed by atoms with E-state index in [0.717, 1.165) is 22.8 Å². The maximum atomic E-state index is 13.9. The summed E-state index contributed by atoms with van der Waals surface area (Å²) < 4.78 is 40.5. The molecule has 176 valence electrons. The molecule has 5 nitrogen and oxygen atoms in total. The van der Waals surface area contributed by atoms with Crippen LogP contribution < -0.4 is 0 Å². The molecule has 1 aliphatic rings. The molecule has 0 aliphatic carbocycles. The van der Waals surface area contributed by atoms with E-state index in [2.05, 4.69) is 9.55 Å². The average molecular weight is 486 g/mol. The molecule has 0 amide bonds. The van der Waals surface area contributed by atoms with Crippen LogP contribution in [0.5, 0.6) is 0 Å². The van der Waals surface area contributed by atoms with Gasteiger partial charge in [0.2, 0.25) is 0 Å². The Hall–Kier alpha value is -1.48. The standard InChI is InChI=1S/C21H24ClF2N3O2S.C2H6/c1-30-29-12-16-9-15(5-7-28-16)27-20-17-8-14(22)2-3-18(17)25-11-19(20)26-21(27)13(10-24)4-6-23;1-2/h2-3,8,11,13,15-16H,4-7,9-10,12H2,1H3;1-2H3. The minimum Gasteiger partial charge on any atom is -0.376 e. The molecule has 0 bridgehead atoms. The molecule has 9 heteroatoms. The van der Waals surface area contributed by atoms with Crippen molar-refractivity contribution in [3.63, 3.8) is 0 Å². The Labute approximate surface area is 197 Å². The van der Waals surface area contributed by atoms with Crippen LogP contribution in [0.25, 0.3) is 21.9 Å². The van der Waals surface area contributed by atoms with Crippen molar-refractivity contribution in [1.29, 1.82) is 0 Å². The summed E-state index contributed by atoms with van der Waals surface area (Å²) in [5.74, 6) is -0.0452. The summed E-state index contributed by atoms with van der Waals surface area (Å²) in [5, 5.41) is 1.45. The normalized spacial score (nSPS) is 19.7. The fourth-order valence-electron chi connectivity index (χ4n) is 4.19. The lowest BCUT2D eigenvalue weighted by Gasteiger charge is -2.32. The van der Waals surface area contributed by atoms with Gasteiger partial charge < -0.3 is 13.5 Å². The summed E-state index contributed by atoms with van der Waals surface area (Å²) in [5.41, 5.74) is 2.32. The van der Waals surface area contributed by atoms with Crippen molar-refractivity contribution in [2.45, 2.75) is 51.2 Å². The summed E-state index contributed by atoms with van der Waals surface area (Å²) in [4.78, 5) is 9.21. The molecule has 0 saturated carbocycles. The molecule has 3 unspecified atom stereocenters. The molecule has 4 rings (SSSR count). The van der Waals surface area contributed by atoms with Crippen LogP contribution >= 0.6 is 23.6 Å². The maximum absolute atomic E-state index is 13.9. The first-order chi connectivity index (χ1) is 15.7. The number of ether oxygens (including phenoxy) is 1. The quantitative estimate of drug-likeness (QED) is 0.332. The number of hydrogen-bond acceptors (Lipinski definition) is 5. The van der Waals surface area contributed by atoms with Crippen molar-refractivity contribution < 1.29 is 17.7 Å². The van der Waals surface area contributed by atoms with E-state index >= 15 is 0 Å². The Kier molecular flexibility index (Phi) is 9.52. The van der Waals surface area contributed by atoms with Crippen LogP contribution in [-0.4, -0.2) is 53.5 Å². The second kappa shape index (κ2) is 12.1. The smallest absolute Gasteiger partial charge is 0.116 e. The zero-order valence-corrected chi connectivity index (χ0v) is 20.3. The number of nitrogens with zero attached hydrogens (tertiary/aromatic N) is 3. The van der Waals surface area contributed by atoms with Crippen molar-refractivity contribution in [2.24, 2.45) is 0 Å². The van der Waals surface area contributed by atoms with Gasteiger partial charge in [-0.05, 0) is 49.5 Å². The van der Waals surface area contributed by atoms with Gasteiger partial charge in [-0.2, -0.15) is 0 Å². The maximum Gasteiger partial charge on any atom is 0.116 e. The monoisotopic (exact) mass is 485 g/mol. The molecule has 3 aromatic rings. The highest BCUT2D eigenvalue weighted by molar-refractivity contribution is 7.93. The number of imidazole rings is 1. The molecule has 3 heterocycles. The highest BCUT2D eigenvalue weighted by atomic mass is 35.5. The zero-order chi connectivity index (χ0) is 23.1. The lowest BCUT2D eigenvalue weighted by molar-refractivity contribution is -0.0256.